The molecule has 0 fully saturated rings. The topological polar surface area (TPSA) is 49.4 Å². The van der Waals surface area contributed by atoms with Crippen LogP contribution < -0.4 is 4.72 Å². The van der Waals surface area contributed by atoms with E-state index in [9.17, 15) is 8.42 Å². The second-order valence-electron chi connectivity index (χ2n) is 4.22. The second-order valence-corrected chi connectivity index (χ2v) is 6.75. The zero-order valence-corrected chi connectivity index (χ0v) is 12.5. The van der Waals surface area contributed by atoms with Crippen LogP contribution in [0.3, 0.4) is 0 Å². The maximum absolute atomic E-state index is 12.1. The van der Waals surface area contributed by atoms with Gasteiger partial charge in [-0.05, 0) is 49.1 Å². The molecule has 1 aromatic carbocycles. The molecule has 6 heteroatoms. The van der Waals surface area contributed by atoms with E-state index < -0.39 is 10.0 Å². The average Bonchev–Trinajstić information content (AvgIpc) is 2.15. The minimum absolute atomic E-state index is 0.137. The monoisotopic (exact) mass is 320 g/mol. The Morgan fingerprint density at radius 1 is 1.35 bits per heavy atom. The third-order valence-electron chi connectivity index (χ3n) is 2.12. The lowest BCUT2D eigenvalue weighted by atomic mass is 10.3. The molecule has 96 valence electrons. The van der Waals surface area contributed by atoms with Crippen LogP contribution in [0.15, 0.2) is 33.6 Å². The second kappa shape index (κ2) is 5.95. The number of rotatable bonds is 5. The molecule has 0 saturated heterocycles. The van der Waals surface area contributed by atoms with Crippen molar-refractivity contribution >= 4 is 26.0 Å². The van der Waals surface area contributed by atoms with Crippen LogP contribution in [0.25, 0.3) is 0 Å². The van der Waals surface area contributed by atoms with Gasteiger partial charge in [-0.2, -0.15) is 0 Å². The minimum Gasteiger partial charge on any atom is -0.308 e. The summed E-state index contributed by atoms with van der Waals surface area (Å²) in [6, 6.07) is 6.64. The number of benzene rings is 1. The molecule has 1 atom stereocenters. The molecule has 0 aromatic heterocycles. The molecule has 1 N–H and O–H groups in total. The van der Waals surface area contributed by atoms with Crippen LogP contribution in [0, 0.1) is 0 Å². The number of nitrogens with one attached hydrogen (secondary N) is 1. The zero-order chi connectivity index (χ0) is 13.1. The molecule has 4 nitrogen and oxygen atoms in total. The molecule has 0 aliphatic carbocycles. The molecule has 17 heavy (non-hydrogen) atoms. The molecule has 0 aliphatic heterocycles. The Kier molecular flexibility index (Phi) is 5.12. The molecule has 0 aliphatic rings. The summed E-state index contributed by atoms with van der Waals surface area (Å²) in [6.07, 6.45) is 0. The van der Waals surface area contributed by atoms with Crippen LogP contribution >= 0.6 is 15.9 Å². The van der Waals surface area contributed by atoms with Gasteiger partial charge in [0.25, 0.3) is 0 Å². The summed E-state index contributed by atoms with van der Waals surface area (Å²) in [5.41, 5.74) is 0. The third kappa shape index (κ3) is 4.39. The Morgan fingerprint density at radius 3 is 2.47 bits per heavy atom. The van der Waals surface area contributed by atoms with Gasteiger partial charge in [-0.1, -0.05) is 12.1 Å². The lowest BCUT2D eigenvalue weighted by Gasteiger charge is -2.18. The largest absolute Gasteiger partial charge is 0.308 e. The van der Waals surface area contributed by atoms with Gasteiger partial charge in [0, 0.05) is 17.1 Å². The predicted molar refractivity (Wildman–Crippen MR) is 72.5 cm³/mol. The van der Waals surface area contributed by atoms with Gasteiger partial charge in [0.15, 0.2) is 0 Å². The first-order valence-electron chi connectivity index (χ1n) is 5.24. The molecule has 0 heterocycles. The Bertz CT molecular complexity index is 474. The molecular weight excluding hydrogens is 304 g/mol. The third-order valence-corrected chi connectivity index (χ3v) is 4.72. The van der Waals surface area contributed by atoms with Crippen LogP contribution in [0.4, 0.5) is 0 Å². The fourth-order valence-electron chi connectivity index (χ4n) is 1.58. The molecule has 0 amide bonds. The van der Waals surface area contributed by atoms with Crippen LogP contribution in [-0.4, -0.2) is 40.0 Å². The first-order valence-corrected chi connectivity index (χ1v) is 7.52. The van der Waals surface area contributed by atoms with E-state index in [0.717, 1.165) is 0 Å². The standard InChI is InChI=1S/C11H17BrN2O2S/c1-9(8-14(2)3)13-17(15,16)11-7-5-4-6-10(11)12/h4-7,9,13H,8H2,1-3H3. The fourth-order valence-corrected chi connectivity index (χ4v) is 3.81. The van der Waals surface area contributed by atoms with Gasteiger partial charge in [-0.25, -0.2) is 13.1 Å². The van der Waals surface area contributed by atoms with Crippen LogP contribution in [-0.2, 0) is 10.0 Å². The molecule has 0 saturated carbocycles. The van der Waals surface area contributed by atoms with Gasteiger partial charge in [-0.15, -0.1) is 0 Å². The highest BCUT2D eigenvalue weighted by atomic mass is 79.9. The smallest absolute Gasteiger partial charge is 0.241 e. The van der Waals surface area contributed by atoms with Crippen LogP contribution in [0.5, 0.6) is 0 Å². The highest BCUT2D eigenvalue weighted by Gasteiger charge is 2.19. The normalized spacial score (nSPS) is 13.9. The molecule has 1 aromatic rings. The van der Waals surface area contributed by atoms with Gasteiger partial charge in [-0.3, -0.25) is 0 Å². The van der Waals surface area contributed by atoms with Gasteiger partial charge < -0.3 is 4.90 Å². The fraction of sp³-hybridized carbons (Fsp3) is 0.455. The number of halogens is 1. The number of nitrogens with zero attached hydrogens (tertiary/aromatic N) is 1. The summed E-state index contributed by atoms with van der Waals surface area (Å²) < 4.78 is 27.4. The van der Waals surface area contributed by atoms with Crippen molar-refractivity contribution < 1.29 is 8.42 Å². The summed E-state index contributed by atoms with van der Waals surface area (Å²) >= 11 is 3.24. The molecule has 0 radical (unpaired) electrons. The van der Waals surface area contributed by atoms with Crippen molar-refractivity contribution in [2.75, 3.05) is 20.6 Å². The lowest BCUT2D eigenvalue weighted by Crippen LogP contribution is -2.39. The van der Waals surface area contributed by atoms with Crippen molar-refractivity contribution in [2.45, 2.75) is 17.9 Å². The summed E-state index contributed by atoms with van der Waals surface area (Å²) in [5.74, 6) is 0. The summed E-state index contributed by atoms with van der Waals surface area (Å²) in [4.78, 5) is 2.21. The van der Waals surface area contributed by atoms with Crippen molar-refractivity contribution in [1.29, 1.82) is 0 Å². The lowest BCUT2D eigenvalue weighted by molar-refractivity contribution is 0.370. The number of sulfonamides is 1. The van der Waals surface area contributed by atoms with Crippen molar-refractivity contribution in [1.82, 2.24) is 9.62 Å². The number of likely N-dealkylation sites (N-methyl/N-ethyl adjacent to an activating group) is 1. The van der Waals surface area contributed by atoms with E-state index in [0.29, 0.717) is 11.0 Å². The number of hydrogen-bond acceptors (Lipinski definition) is 3. The quantitative estimate of drug-likeness (QED) is 0.898. The van der Waals surface area contributed by atoms with Gasteiger partial charge in [0.05, 0.1) is 4.90 Å². The van der Waals surface area contributed by atoms with E-state index in [1.54, 1.807) is 24.3 Å². The Balaban J connectivity index is 2.86. The van der Waals surface area contributed by atoms with E-state index in [1.165, 1.54) is 0 Å². The maximum atomic E-state index is 12.1. The van der Waals surface area contributed by atoms with Gasteiger partial charge in [0.2, 0.25) is 10.0 Å². The van der Waals surface area contributed by atoms with E-state index >= 15 is 0 Å². The maximum Gasteiger partial charge on any atom is 0.241 e. The summed E-state index contributed by atoms with van der Waals surface area (Å²) in [7, 11) is 0.353. The van der Waals surface area contributed by atoms with E-state index in [4.69, 9.17) is 0 Å². The molecule has 1 rings (SSSR count). The van der Waals surface area contributed by atoms with Crippen LogP contribution in [0.2, 0.25) is 0 Å². The van der Waals surface area contributed by atoms with E-state index in [1.807, 2.05) is 25.9 Å². The van der Waals surface area contributed by atoms with E-state index in [2.05, 4.69) is 20.7 Å². The van der Waals surface area contributed by atoms with E-state index in [-0.39, 0.29) is 10.9 Å². The molecule has 0 spiro atoms. The molecule has 1 unspecified atom stereocenters. The first kappa shape index (κ1) is 14.6. The SMILES string of the molecule is CC(CN(C)C)NS(=O)(=O)c1ccccc1Br. The molecule has 0 bridgehead atoms. The Labute approximate surface area is 111 Å². The summed E-state index contributed by atoms with van der Waals surface area (Å²) in [6.45, 7) is 2.50. The average molecular weight is 321 g/mol. The number of hydrogen-bond donors (Lipinski definition) is 1. The zero-order valence-electron chi connectivity index (χ0n) is 10.1. The Hall–Kier alpha value is -0.430. The van der Waals surface area contributed by atoms with Crippen molar-refractivity contribution in [3.05, 3.63) is 28.7 Å². The summed E-state index contributed by atoms with van der Waals surface area (Å²) in [5, 5.41) is 0. The highest BCUT2D eigenvalue weighted by Crippen LogP contribution is 2.21. The van der Waals surface area contributed by atoms with Gasteiger partial charge in [0.1, 0.15) is 0 Å². The van der Waals surface area contributed by atoms with Crippen molar-refractivity contribution in [3.8, 4) is 0 Å². The minimum atomic E-state index is -3.46. The Morgan fingerprint density at radius 2 is 1.94 bits per heavy atom. The molecular formula is C11H17BrN2O2S. The van der Waals surface area contributed by atoms with Crippen molar-refractivity contribution in [2.24, 2.45) is 0 Å². The van der Waals surface area contributed by atoms with Crippen molar-refractivity contribution in [3.63, 3.8) is 0 Å². The first-order chi connectivity index (χ1) is 7.83. The predicted octanol–water partition coefficient (Wildman–Crippen LogP) is 1.68. The van der Waals surface area contributed by atoms with Crippen LogP contribution in [0.1, 0.15) is 6.92 Å². The van der Waals surface area contributed by atoms with Gasteiger partial charge >= 0.3 is 0 Å². The highest BCUT2D eigenvalue weighted by molar-refractivity contribution is 9.10.